The minimum Gasteiger partial charge on any atom is -0.507 e. The fourth-order valence-electron chi connectivity index (χ4n) is 7.81. The maximum absolute atomic E-state index is 15.6. The quantitative estimate of drug-likeness (QED) is 0.135. The molecule has 272 valence electrons. The van der Waals surface area contributed by atoms with Crippen molar-refractivity contribution in [1.29, 1.82) is 0 Å². The van der Waals surface area contributed by atoms with Crippen molar-refractivity contribution < 1.29 is 33.1 Å². The van der Waals surface area contributed by atoms with E-state index in [9.17, 15) is 5.11 Å². The number of carbonyl (C=O) groups excluding carboxylic acids is 2. The monoisotopic (exact) mass is 721 g/mol. The Kier molecular flexibility index (Phi) is 9.04. The second-order valence-electron chi connectivity index (χ2n) is 16.0. The summed E-state index contributed by atoms with van der Waals surface area (Å²) in [7, 11) is 0.949. The highest BCUT2D eigenvalue weighted by atomic mass is 28.4. The first-order valence-corrected chi connectivity index (χ1v) is 20.8. The standard InChI is InChI=1S/C41H47N3O7Si/c1-24-35(48-22-25-15-11-9-12-16-25)30-28(21-42-24)19-27-20-29-33(44(5)6)36-32(39(43-50-36)49-23-26-17-13-10-14-18-26)38(47)41(29,37(46)31(27)34(30)45)51-52(7,8)40(2,3)4/h9-18,21,27,29,33,45H,19-20,22-23H2,1-8H3/t27-,29-,33-,41-/m0/s1. The van der Waals surface area contributed by atoms with Crippen LogP contribution in [-0.4, -0.2) is 59.7 Å². The predicted octanol–water partition coefficient (Wildman–Crippen LogP) is 7.83. The zero-order valence-corrected chi connectivity index (χ0v) is 32.1. The van der Waals surface area contributed by atoms with Crippen LogP contribution in [-0.2, 0) is 28.9 Å². The molecule has 3 aliphatic rings. The molecule has 0 bridgehead atoms. The molecule has 10 nitrogen and oxygen atoms in total. The van der Waals surface area contributed by atoms with Crippen LogP contribution in [0, 0.1) is 18.8 Å². The molecular weight excluding hydrogens is 675 g/mol. The lowest BCUT2D eigenvalue weighted by Gasteiger charge is -2.55. The zero-order chi connectivity index (χ0) is 37.2. The molecule has 4 aromatic rings. The second-order valence-corrected chi connectivity index (χ2v) is 20.7. The van der Waals surface area contributed by atoms with Crippen LogP contribution < -0.4 is 9.47 Å². The molecule has 0 spiro atoms. The molecule has 3 aliphatic carbocycles. The van der Waals surface area contributed by atoms with Gasteiger partial charge in [0.15, 0.2) is 25.4 Å². The summed E-state index contributed by atoms with van der Waals surface area (Å²) in [6.07, 6.45) is 2.57. The highest BCUT2D eigenvalue weighted by molar-refractivity contribution is 6.74. The van der Waals surface area contributed by atoms with Crippen molar-refractivity contribution in [2.75, 3.05) is 14.1 Å². The fraction of sp³-hybridized carbons (Fsp3) is 0.415. The van der Waals surface area contributed by atoms with Crippen LogP contribution in [0.3, 0.4) is 0 Å². The van der Waals surface area contributed by atoms with Crippen LogP contribution in [0.25, 0.3) is 5.76 Å². The van der Waals surface area contributed by atoms with Gasteiger partial charge in [0.1, 0.15) is 24.5 Å². The number of fused-ring (bicyclic) bond motifs is 4. The number of benzene rings is 2. The topological polar surface area (TPSA) is 124 Å². The fourth-order valence-corrected chi connectivity index (χ4v) is 9.26. The molecule has 0 aliphatic heterocycles. The normalized spacial score (nSPS) is 22.8. The Morgan fingerprint density at radius 2 is 1.56 bits per heavy atom. The Hall–Kier alpha value is -4.58. The zero-order valence-electron chi connectivity index (χ0n) is 31.1. The molecule has 0 unspecified atom stereocenters. The molecule has 0 amide bonds. The van der Waals surface area contributed by atoms with Gasteiger partial charge in [-0.05, 0) is 79.8 Å². The number of carbonyl (C=O) groups is 2. The summed E-state index contributed by atoms with van der Waals surface area (Å²) in [6, 6.07) is 18.8. The van der Waals surface area contributed by atoms with Crippen molar-refractivity contribution in [3.63, 3.8) is 0 Å². The molecule has 11 heteroatoms. The second kappa shape index (κ2) is 13.1. The van der Waals surface area contributed by atoms with E-state index in [2.05, 4.69) is 30.9 Å². The number of ketones is 2. The third kappa shape index (κ3) is 5.79. The van der Waals surface area contributed by atoms with Gasteiger partial charge in [-0.15, -0.1) is 0 Å². The summed E-state index contributed by atoms with van der Waals surface area (Å²) < 4.78 is 25.7. The van der Waals surface area contributed by atoms with Crippen LogP contribution >= 0.6 is 0 Å². The third-order valence-corrected chi connectivity index (χ3v) is 15.9. The minimum atomic E-state index is -2.86. The molecule has 2 heterocycles. The Labute approximate surface area is 305 Å². The van der Waals surface area contributed by atoms with Gasteiger partial charge in [-0.3, -0.25) is 19.5 Å². The van der Waals surface area contributed by atoms with Crippen molar-refractivity contribution in [2.45, 2.75) is 83.5 Å². The lowest BCUT2D eigenvalue weighted by atomic mass is 9.57. The average Bonchev–Trinajstić information content (AvgIpc) is 3.52. The van der Waals surface area contributed by atoms with E-state index in [1.165, 1.54) is 0 Å². The maximum Gasteiger partial charge on any atom is 0.265 e. The molecule has 2 aromatic carbocycles. The minimum absolute atomic E-state index is 0.0211. The Morgan fingerprint density at radius 3 is 2.15 bits per heavy atom. The average molecular weight is 722 g/mol. The number of rotatable bonds is 9. The van der Waals surface area contributed by atoms with E-state index in [0.29, 0.717) is 35.6 Å². The summed E-state index contributed by atoms with van der Waals surface area (Å²) in [5, 5.41) is 16.2. The Morgan fingerprint density at radius 1 is 0.942 bits per heavy atom. The first-order valence-electron chi connectivity index (χ1n) is 17.9. The van der Waals surface area contributed by atoms with Crippen LogP contribution in [0.4, 0.5) is 0 Å². The molecule has 4 atom stereocenters. The molecular formula is C41H47N3O7Si. The number of aliphatic hydroxyl groups is 1. The summed E-state index contributed by atoms with van der Waals surface area (Å²) >= 11 is 0. The van der Waals surface area contributed by atoms with E-state index in [4.69, 9.17) is 18.4 Å². The number of hydrogen-bond acceptors (Lipinski definition) is 10. The summed E-state index contributed by atoms with van der Waals surface area (Å²) in [5.74, 6) is -1.51. The molecule has 0 radical (unpaired) electrons. The van der Waals surface area contributed by atoms with Crippen LogP contribution in [0.2, 0.25) is 18.1 Å². The van der Waals surface area contributed by atoms with E-state index < -0.39 is 43.4 Å². The molecule has 52 heavy (non-hydrogen) atoms. The SMILES string of the molecule is Cc1ncc2c(c1OCc1ccccc1)C(O)=C1C(=O)[C@]3(O[Si](C)(C)C(C)(C)C)C(=O)c4c(OCc5ccccc5)noc4[C@@H](N(C)C)[C@@H]3C[C@@H]1C2. The van der Waals surface area contributed by atoms with Crippen molar-refractivity contribution in [3.8, 4) is 11.6 Å². The van der Waals surface area contributed by atoms with Gasteiger partial charge >= 0.3 is 0 Å². The summed E-state index contributed by atoms with van der Waals surface area (Å²) in [5.41, 5.74) is 1.99. The van der Waals surface area contributed by atoms with E-state index in [-0.39, 0.29) is 41.0 Å². The summed E-state index contributed by atoms with van der Waals surface area (Å²) in [6.45, 7) is 12.6. The third-order valence-electron chi connectivity index (χ3n) is 11.4. The molecule has 1 saturated carbocycles. The number of pyridine rings is 1. The van der Waals surface area contributed by atoms with Crippen LogP contribution in [0.15, 0.2) is 77.0 Å². The van der Waals surface area contributed by atoms with Gasteiger partial charge in [-0.25, -0.2) is 0 Å². The Balaban J connectivity index is 1.39. The van der Waals surface area contributed by atoms with Gasteiger partial charge < -0.3 is 23.5 Å². The smallest absolute Gasteiger partial charge is 0.265 e. The highest BCUT2D eigenvalue weighted by Gasteiger charge is 2.68. The first-order chi connectivity index (χ1) is 24.7. The molecule has 2 aromatic heterocycles. The van der Waals surface area contributed by atoms with Crippen molar-refractivity contribution in [1.82, 2.24) is 15.0 Å². The highest BCUT2D eigenvalue weighted by Crippen LogP contribution is 2.59. The van der Waals surface area contributed by atoms with Gasteiger partial charge in [0.05, 0.1) is 17.3 Å². The number of Topliss-reactive ketones (excluding diaryl/α,β-unsaturated/α-hetero) is 2. The number of aryl methyl sites for hydroxylation is 1. The van der Waals surface area contributed by atoms with E-state index in [1.54, 1.807) is 6.20 Å². The van der Waals surface area contributed by atoms with Crippen molar-refractivity contribution in [2.24, 2.45) is 11.8 Å². The van der Waals surface area contributed by atoms with Gasteiger partial charge in [0.25, 0.3) is 5.88 Å². The van der Waals surface area contributed by atoms with E-state index in [1.807, 2.05) is 99.7 Å². The van der Waals surface area contributed by atoms with Crippen molar-refractivity contribution in [3.05, 3.63) is 112 Å². The van der Waals surface area contributed by atoms with Gasteiger partial charge in [-0.1, -0.05) is 81.4 Å². The maximum atomic E-state index is 15.6. The summed E-state index contributed by atoms with van der Waals surface area (Å²) in [4.78, 5) is 37.6. The number of ether oxygens (including phenoxy) is 2. The van der Waals surface area contributed by atoms with Crippen LogP contribution in [0.5, 0.6) is 11.6 Å². The molecule has 1 fully saturated rings. The van der Waals surface area contributed by atoms with E-state index >= 15 is 9.59 Å². The van der Waals surface area contributed by atoms with Gasteiger partial charge in [0, 0.05) is 17.7 Å². The van der Waals surface area contributed by atoms with Gasteiger partial charge in [-0.2, -0.15) is 0 Å². The number of aromatic nitrogens is 2. The van der Waals surface area contributed by atoms with Crippen molar-refractivity contribution >= 4 is 25.6 Å². The first kappa shape index (κ1) is 35.8. The number of aliphatic hydroxyl groups excluding tert-OH is 1. The number of hydrogen-bond donors (Lipinski definition) is 1. The Bertz CT molecular complexity index is 2050. The molecule has 1 N–H and O–H groups in total. The largest absolute Gasteiger partial charge is 0.507 e. The molecule has 7 rings (SSSR count). The van der Waals surface area contributed by atoms with Gasteiger partial charge in [0.2, 0.25) is 11.6 Å². The lowest BCUT2D eigenvalue weighted by Crippen LogP contribution is -2.68. The van der Waals surface area contributed by atoms with Crippen LogP contribution in [0.1, 0.15) is 77.3 Å². The lowest BCUT2D eigenvalue weighted by molar-refractivity contribution is -0.140. The molecule has 0 saturated heterocycles. The number of nitrogens with zero attached hydrogens (tertiary/aromatic N) is 3. The predicted molar refractivity (Wildman–Crippen MR) is 199 cm³/mol. The van der Waals surface area contributed by atoms with E-state index in [0.717, 1.165) is 16.7 Å².